The van der Waals surface area contributed by atoms with Crippen LogP contribution in [0, 0.1) is 5.92 Å². The van der Waals surface area contributed by atoms with Crippen molar-refractivity contribution in [3.8, 4) is 0 Å². The average molecular weight is 338 g/mol. The lowest BCUT2D eigenvalue weighted by molar-refractivity contribution is -0.134. The van der Waals surface area contributed by atoms with Crippen LogP contribution < -0.4 is 5.73 Å². The molecule has 2 amide bonds. The molecule has 4 nitrogen and oxygen atoms in total. The summed E-state index contributed by atoms with van der Waals surface area (Å²) in [6, 6.07) is 14.8. The highest BCUT2D eigenvalue weighted by Crippen LogP contribution is 2.21. The van der Waals surface area contributed by atoms with Crippen LogP contribution in [0.2, 0.25) is 0 Å². The smallest absolute Gasteiger partial charge is 0.222 e. The topological polar surface area (TPSA) is 63.4 Å². The Hall–Kier alpha value is -2.36. The molecule has 25 heavy (non-hydrogen) atoms. The van der Waals surface area contributed by atoms with Crippen molar-refractivity contribution in [3.63, 3.8) is 0 Å². The number of hydrogen-bond acceptors (Lipinski definition) is 2. The molecule has 0 aromatic heterocycles. The molecule has 132 valence electrons. The number of carbonyl (C=O) groups is 2. The molecule has 0 unspecified atom stereocenters. The van der Waals surface area contributed by atoms with E-state index in [1.54, 1.807) is 0 Å². The second-order valence-corrected chi connectivity index (χ2v) is 7.05. The molecule has 1 aliphatic heterocycles. The van der Waals surface area contributed by atoms with Crippen molar-refractivity contribution in [1.82, 2.24) is 4.90 Å². The van der Waals surface area contributed by atoms with Gasteiger partial charge < -0.3 is 10.6 Å². The van der Waals surface area contributed by atoms with Gasteiger partial charge in [-0.15, -0.1) is 0 Å². The number of hydrogen-bond donors (Lipinski definition) is 1. The van der Waals surface area contributed by atoms with Crippen LogP contribution in [-0.4, -0.2) is 29.8 Å². The van der Waals surface area contributed by atoms with Gasteiger partial charge in [0.2, 0.25) is 11.8 Å². The number of nitrogens with zero attached hydrogens (tertiary/aromatic N) is 1. The van der Waals surface area contributed by atoms with Crippen LogP contribution in [0.15, 0.2) is 42.5 Å². The number of carbonyl (C=O) groups excluding carboxylic acids is 2. The number of nitrogens with two attached hydrogens (primary N) is 1. The first-order valence-corrected chi connectivity index (χ1v) is 9.15. The molecule has 1 atom stereocenters. The van der Waals surface area contributed by atoms with E-state index in [4.69, 9.17) is 5.73 Å². The monoisotopic (exact) mass is 338 g/mol. The molecule has 1 fully saturated rings. The van der Waals surface area contributed by atoms with Gasteiger partial charge in [-0.2, -0.15) is 0 Å². The number of benzene rings is 2. The second kappa shape index (κ2) is 8.15. The third-order valence-electron chi connectivity index (χ3n) is 5.03. The van der Waals surface area contributed by atoms with E-state index in [0.29, 0.717) is 19.4 Å². The van der Waals surface area contributed by atoms with E-state index in [0.717, 1.165) is 32.2 Å². The Balaban J connectivity index is 1.49. The minimum Gasteiger partial charge on any atom is -0.370 e. The minimum atomic E-state index is -0.268. The first-order valence-electron chi connectivity index (χ1n) is 9.15. The average Bonchev–Trinajstić information content (AvgIpc) is 2.61. The van der Waals surface area contributed by atoms with Gasteiger partial charge in [-0.25, -0.2) is 0 Å². The highest BCUT2D eigenvalue weighted by molar-refractivity contribution is 5.83. The molecule has 2 aromatic rings. The molecular formula is C21H26N2O2. The second-order valence-electron chi connectivity index (χ2n) is 7.05. The molecule has 3 rings (SSSR count). The van der Waals surface area contributed by atoms with Crippen LogP contribution in [0.4, 0.5) is 0 Å². The van der Waals surface area contributed by atoms with Crippen LogP contribution in [0.3, 0.4) is 0 Å². The Bertz CT molecular complexity index is 756. The lowest BCUT2D eigenvalue weighted by Gasteiger charge is -2.32. The molecule has 1 aliphatic rings. The van der Waals surface area contributed by atoms with Crippen molar-refractivity contribution >= 4 is 22.6 Å². The van der Waals surface area contributed by atoms with E-state index < -0.39 is 0 Å². The predicted octanol–water partition coefficient (Wildman–Crippen LogP) is 3.28. The number of piperidine rings is 1. The maximum Gasteiger partial charge on any atom is 0.222 e. The number of amides is 2. The van der Waals surface area contributed by atoms with Gasteiger partial charge in [0.05, 0.1) is 0 Å². The molecule has 0 radical (unpaired) electrons. The Morgan fingerprint density at radius 2 is 1.92 bits per heavy atom. The minimum absolute atomic E-state index is 0.204. The van der Waals surface area contributed by atoms with E-state index in [1.807, 2.05) is 11.0 Å². The third-order valence-corrected chi connectivity index (χ3v) is 5.03. The number of likely N-dealkylation sites (tertiary alicyclic amines) is 1. The van der Waals surface area contributed by atoms with Crippen LogP contribution in [0.1, 0.15) is 37.7 Å². The van der Waals surface area contributed by atoms with Gasteiger partial charge in [0.25, 0.3) is 0 Å². The molecule has 1 saturated heterocycles. The molecule has 1 heterocycles. The number of primary amides is 1. The van der Waals surface area contributed by atoms with E-state index in [2.05, 4.69) is 36.4 Å². The highest BCUT2D eigenvalue weighted by Gasteiger charge is 2.24. The molecule has 0 bridgehead atoms. The maximum absolute atomic E-state index is 12.4. The van der Waals surface area contributed by atoms with Crippen LogP contribution in [0.5, 0.6) is 0 Å². The first-order chi connectivity index (χ1) is 12.1. The normalized spacial score (nSPS) is 17.6. The fourth-order valence-electron chi connectivity index (χ4n) is 3.74. The van der Waals surface area contributed by atoms with E-state index >= 15 is 0 Å². The largest absolute Gasteiger partial charge is 0.370 e. The zero-order valence-electron chi connectivity index (χ0n) is 14.6. The fourth-order valence-corrected chi connectivity index (χ4v) is 3.74. The zero-order valence-corrected chi connectivity index (χ0v) is 14.6. The maximum atomic E-state index is 12.4. The van der Waals surface area contributed by atoms with Crippen LogP contribution >= 0.6 is 0 Å². The Morgan fingerprint density at radius 1 is 1.12 bits per heavy atom. The van der Waals surface area contributed by atoms with Crippen molar-refractivity contribution in [2.45, 2.75) is 38.5 Å². The Labute approximate surface area is 149 Å². The van der Waals surface area contributed by atoms with Gasteiger partial charge >= 0.3 is 0 Å². The van der Waals surface area contributed by atoms with E-state index in [1.165, 1.54) is 16.3 Å². The van der Waals surface area contributed by atoms with Crippen molar-refractivity contribution in [2.24, 2.45) is 11.7 Å². The number of fused-ring (bicyclic) bond motifs is 1. The molecule has 0 spiro atoms. The fraction of sp³-hybridized carbons (Fsp3) is 0.429. The summed E-state index contributed by atoms with van der Waals surface area (Å²) >= 11 is 0. The number of aryl methyl sites for hydroxylation is 1. The lowest BCUT2D eigenvalue weighted by atomic mass is 9.94. The van der Waals surface area contributed by atoms with Gasteiger partial charge in [0, 0.05) is 25.9 Å². The summed E-state index contributed by atoms with van der Waals surface area (Å²) in [5.74, 6) is 0.168. The van der Waals surface area contributed by atoms with Gasteiger partial charge in [-0.3, -0.25) is 9.59 Å². The lowest BCUT2D eigenvalue weighted by Crippen LogP contribution is -2.40. The van der Waals surface area contributed by atoms with Crippen LogP contribution in [0.25, 0.3) is 10.8 Å². The van der Waals surface area contributed by atoms with Gasteiger partial charge in [-0.05, 0) is 47.9 Å². The van der Waals surface area contributed by atoms with Crippen molar-refractivity contribution in [2.75, 3.05) is 13.1 Å². The molecule has 4 heteroatoms. The van der Waals surface area contributed by atoms with Crippen molar-refractivity contribution in [3.05, 3.63) is 48.0 Å². The molecule has 0 saturated carbocycles. The quantitative estimate of drug-likeness (QED) is 0.878. The Morgan fingerprint density at radius 3 is 2.72 bits per heavy atom. The van der Waals surface area contributed by atoms with E-state index in [9.17, 15) is 9.59 Å². The standard InChI is InChI=1S/C21H26N2O2/c22-20(24)14-17-6-4-12-23(15-17)21(25)9-3-5-16-10-11-18-7-1-2-8-19(18)13-16/h1-2,7-8,10-11,13,17H,3-6,9,12,14-15H2,(H2,22,24)/t17-/m0/s1. The van der Waals surface area contributed by atoms with Crippen molar-refractivity contribution in [1.29, 1.82) is 0 Å². The highest BCUT2D eigenvalue weighted by atomic mass is 16.2. The summed E-state index contributed by atoms with van der Waals surface area (Å²) in [5.41, 5.74) is 6.56. The summed E-state index contributed by atoms with van der Waals surface area (Å²) in [5, 5.41) is 2.49. The zero-order chi connectivity index (χ0) is 17.6. The van der Waals surface area contributed by atoms with Crippen LogP contribution in [-0.2, 0) is 16.0 Å². The number of rotatable bonds is 6. The summed E-state index contributed by atoms with van der Waals surface area (Å²) in [6.45, 7) is 1.49. The molecule has 2 N–H and O–H groups in total. The van der Waals surface area contributed by atoms with E-state index in [-0.39, 0.29) is 17.7 Å². The van der Waals surface area contributed by atoms with Gasteiger partial charge in [0.1, 0.15) is 0 Å². The summed E-state index contributed by atoms with van der Waals surface area (Å²) < 4.78 is 0. The van der Waals surface area contributed by atoms with Gasteiger partial charge in [0.15, 0.2) is 0 Å². The molecule has 0 aliphatic carbocycles. The Kier molecular flexibility index (Phi) is 5.69. The first kappa shape index (κ1) is 17.5. The summed E-state index contributed by atoms with van der Waals surface area (Å²) in [4.78, 5) is 25.4. The molecular weight excluding hydrogens is 312 g/mol. The summed E-state index contributed by atoms with van der Waals surface area (Å²) in [7, 11) is 0. The SMILES string of the molecule is NC(=O)C[C@@H]1CCCN(C(=O)CCCc2ccc3ccccc3c2)C1. The summed E-state index contributed by atoms with van der Waals surface area (Å²) in [6.07, 6.45) is 4.68. The van der Waals surface area contributed by atoms with Gasteiger partial charge in [-0.1, -0.05) is 42.5 Å². The predicted molar refractivity (Wildman–Crippen MR) is 100 cm³/mol. The molecule has 2 aromatic carbocycles. The van der Waals surface area contributed by atoms with Crippen molar-refractivity contribution < 1.29 is 9.59 Å². The third kappa shape index (κ3) is 4.81.